The number of ether oxygens (including phenoxy) is 1. The fourth-order valence-corrected chi connectivity index (χ4v) is 2.91. The lowest BCUT2D eigenvalue weighted by molar-refractivity contribution is -0.111. The van der Waals surface area contributed by atoms with Gasteiger partial charge in [-0.15, -0.1) is 0 Å². The molecule has 0 atom stereocenters. The lowest BCUT2D eigenvalue weighted by Gasteiger charge is -2.03. The summed E-state index contributed by atoms with van der Waals surface area (Å²) in [5.41, 5.74) is 3.78. The molecule has 0 unspecified atom stereocenters. The molecule has 3 rings (SSSR count). The van der Waals surface area contributed by atoms with Gasteiger partial charge in [-0.1, -0.05) is 36.1 Å². The SMILES string of the molecule is CNC(=O)c1ccc(C=CC(=O)Nc2cccc(C#Cc3cccc(C(=O)OC)c3)c2)cc1. The molecule has 0 radical (unpaired) electrons. The van der Waals surface area contributed by atoms with Crippen molar-refractivity contribution >= 4 is 29.5 Å². The van der Waals surface area contributed by atoms with Gasteiger partial charge in [0.2, 0.25) is 5.91 Å². The van der Waals surface area contributed by atoms with Crippen molar-refractivity contribution < 1.29 is 19.1 Å². The van der Waals surface area contributed by atoms with Crippen LogP contribution in [-0.4, -0.2) is 31.9 Å². The molecule has 0 fully saturated rings. The molecule has 0 aromatic heterocycles. The van der Waals surface area contributed by atoms with Crippen molar-refractivity contribution in [1.29, 1.82) is 0 Å². The Balaban J connectivity index is 1.65. The van der Waals surface area contributed by atoms with Gasteiger partial charge in [-0.25, -0.2) is 4.79 Å². The van der Waals surface area contributed by atoms with Crippen molar-refractivity contribution in [2.24, 2.45) is 0 Å². The summed E-state index contributed by atoms with van der Waals surface area (Å²) in [5.74, 6) is 5.17. The van der Waals surface area contributed by atoms with E-state index >= 15 is 0 Å². The Morgan fingerprint density at radius 1 is 0.848 bits per heavy atom. The zero-order valence-corrected chi connectivity index (χ0v) is 18.2. The first kappa shape index (κ1) is 23.0. The van der Waals surface area contributed by atoms with Crippen molar-refractivity contribution in [3.63, 3.8) is 0 Å². The molecular formula is C27H22N2O4. The number of amides is 2. The van der Waals surface area contributed by atoms with Crippen molar-refractivity contribution in [1.82, 2.24) is 5.32 Å². The zero-order valence-electron chi connectivity index (χ0n) is 18.2. The number of benzene rings is 3. The van der Waals surface area contributed by atoms with E-state index in [1.54, 1.807) is 79.9 Å². The van der Waals surface area contributed by atoms with Crippen LogP contribution in [0.4, 0.5) is 5.69 Å². The van der Waals surface area contributed by atoms with Crippen molar-refractivity contribution in [2.75, 3.05) is 19.5 Å². The second-order valence-corrected chi connectivity index (χ2v) is 6.93. The Labute approximate surface area is 192 Å². The summed E-state index contributed by atoms with van der Waals surface area (Å²) in [6, 6.07) is 20.9. The summed E-state index contributed by atoms with van der Waals surface area (Å²) in [7, 11) is 2.91. The number of nitrogens with one attached hydrogen (secondary N) is 2. The first-order valence-electron chi connectivity index (χ1n) is 10.1. The smallest absolute Gasteiger partial charge is 0.337 e. The Bertz CT molecular complexity index is 1270. The lowest BCUT2D eigenvalue weighted by atomic mass is 10.1. The number of rotatable bonds is 5. The van der Waals surface area contributed by atoms with E-state index in [0.29, 0.717) is 27.9 Å². The minimum absolute atomic E-state index is 0.164. The van der Waals surface area contributed by atoms with Gasteiger partial charge in [0.05, 0.1) is 12.7 Å². The van der Waals surface area contributed by atoms with Crippen molar-refractivity contribution in [3.05, 3.63) is 107 Å². The van der Waals surface area contributed by atoms with Crippen LogP contribution < -0.4 is 10.6 Å². The molecule has 0 saturated heterocycles. The van der Waals surface area contributed by atoms with Crippen LogP contribution in [0.2, 0.25) is 0 Å². The summed E-state index contributed by atoms with van der Waals surface area (Å²) >= 11 is 0. The van der Waals surface area contributed by atoms with E-state index in [1.165, 1.54) is 13.2 Å². The molecule has 3 aromatic rings. The highest BCUT2D eigenvalue weighted by molar-refractivity contribution is 6.02. The molecule has 0 saturated carbocycles. The number of methoxy groups -OCH3 is 1. The van der Waals surface area contributed by atoms with E-state index in [2.05, 4.69) is 22.5 Å². The first-order chi connectivity index (χ1) is 16.0. The molecule has 33 heavy (non-hydrogen) atoms. The van der Waals surface area contributed by atoms with Crippen LogP contribution in [0.15, 0.2) is 78.9 Å². The van der Waals surface area contributed by atoms with Crippen LogP contribution in [0.3, 0.4) is 0 Å². The van der Waals surface area contributed by atoms with E-state index in [-0.39, 0.29) is 11.8 Å². The van der Waals surface area contributed by atoms with Crippen LogP contribution in [-0.2, 0) is 9.53 Å². The van der Waals surface area contributed by atoms with Crippen LogP contribution in [0.25, 0.3) is 6.08 Å². The zero-order chi connectivity index (χ0) is 23.6. The monoisotopic (exact) mass is 438 g/mol. The number of carbonyl (C=O) groups excluding carboxylic acids is 3. The van der Waals surface area contributed by atoms with E-state index in [4.69, 9.17) is 4.74 Å². The summed E-state index contributed by atoms with van der Waals surface area (Å²) in [4.78, 5) is 35.5. The minimum atomic E-state index is -0.418. The maximum atomic E-state index is 12.3. The van der Waals surface area contributed by atoms with E-state index in [0.717, 1.165) is 5.56 Å². The molecule has 6 nitrogen and oxygen atoms in total. The van der Waals surface area contributed by atoms with Gasteiger partial charge in [0, 0.05) is 35.5 Å². The number of anilines is 1. The van der Waals surface area contributed by atoms with Crippen LogP contribution in [0.5, 0.6) is 0 Å². The Morgan fingerprint density at radius 2 is 1.52 bits per heavy atom. The molecule has 0 bridgehead atoms. The van der Waals surface area contributed by atoms with Crippen molar-refractivity contribution in [2.45, 2.75) is 0 Å². The van der Waals surface area contributed by atoms with Gasteiger partial charge in [-0.3, -0.25) is 9.59 Å². The highest BCUT2D eigenvalue weighted by atomic mass is 16.5. The van der Waals surface area contributed by atoms with Crippen LogP contribution in [0, 0.1) is 11.8 Å². The lowest BCUT2D eigenvalue weighted by Crippen LogP contribution is -2.17. The van der Waals surface area contributed by atoms with Gasteiger partial charge < -0.3 is 15.4 Å². The highest BCUT2D eigenvalue weighted by Gasteiger charge is 2.05. The van der Waals surface area contributed by atoms with Gasteiger partial charge >= 0.3 is 5.97 Å². The second kappa shape index (κ2) is 11.1. The second-order valence-electron chi connectivity index (χ2n) is 6.93. The van der Waals surface area contributed by atoms with Gasteiger partial charge in [0.1, 0.15) is 0 Å². The summed E-state index contributed by atoms with van der Waals surface area (Å²) in [6.07, 6.45) is 3.09. The van der Waals surface area contributed by atoms with Gasteiger partial charge in [-0.05, 0) is 60.2 Å². The van der Waals surface area contributed by atoms with Crippen LogP contribution >= 0.6 is 0 Å². The molecule has 2 N–H and O–H groups in total. The third-order valence-electron chi connectivity index (χ3n) is 4.59. The van der Waals surface area contributed by atoms with E-state index in [1.807, 2.05) is 6.07 Å². The quantitative estimate of drug-likeness (QED) is 0.360. The topological polar surface area (TPSA) is 84.5 Å². The maximum Gasteiger partial charge on any atom is 0.337 e. The summed E-state index contributed by atoms with van der Waals surface area (Å²) in [5, 5.41) is 5.36. The fourth-order valence-electron chi connectivity index (χ4n) is 2.91. The Morgan fingerprint density at radius 3 is 2.18 bits per heavy atom. The molecule has 164 valence electrons. The Kier molecular flexibility index (Phi) is 7.76. The van der Waals surface area contributed by atoms with Gasteiger partial charge in [0.15, 0.2) is 0 Å². The van der Waals surface area contributed by atoms with E-state index in [9.17, 15) is 14.4 Å². The third kappa shape index (κ3) is 6.68. The molecule has 0 aliphatic rings. The molecule has 6 heteroatoms. The molecule has 0 heterocycles. The first-order valence-corrected chi connectivity index (χ1v) is 10.1. The Hall–Kier alpha value is -4.63. The minimum Gasteiger partial charge on any atom is -0.465 e. The maximum absolute atomic E-state index is 12.3. The van der Waals surface area contributed by atoms with E-state index < -0.39 is 5.97 Å². The summed E-state index contributed by atoms with van der Waals surface area (Å²) in [6.45, 7) is 0. The largest absolute Gasteiger partial charge is 0.465 e. The van der Waals surface area contributed by atoms with Gasteiger partial charge in [-0.2, -0.15) is 0 Å². The molecular weight excluding hydrogens is 416 g/mol. The molecule has 3 aromatic carbocycles. The number of hydrogen-bond acceptors (Lipinski definition) is 4. The normalized spacial score (nSPS) is 10.1. The number of carbonyl (C=O) groups is 3. The molecule has 0 aliphatic heterocycles. The predicted molar refractivity (Wildman–Crippen MR) is 128 cm³/mol. The summed E-state index contributed by atoms with van der Waals surface area (Å²) < 4.78 is 4.73. The molecule has 0 spiro atoms. The standard InChI is InChI=1S/C27H22N2O4/c1-28-26(31)22-14-11-19(12-15-22)13-16-25(30)29-24-8-4-6-21(18-24)10-9-20-5-3-7-23(17-20)27(32)33-2/h3-8,11-18H,1-2H3,(H,28,31)(H,29,30). The third-order valence-corrected chi connectivity index (χ3v) is 4.59. The molecule has 2 amide bonds. The van der Waals surface area contributed by atoms with Crippen molar-refractivity contribution in [3.8, 4) is 11.8 Å². The van der Waals surface area contributed by atoms with Crippen LogP contribution in [0.1, 0.15) is 37.4 Å². The highest BCUT2D eigenvalue weighted by Crippen LogP contribution is 2.12. The fraction of sp³-hybridized carbons (Fsp3) is 0.0741. The average molecular weight is 438 g/mol. The number of hydrogen-bond donors (Lipinski definition) is 2. The predicted octanol–water partition coefficient (Wildman–Crippen LogP) is 3.88. The van der Waals surface area contributed by atoms with Gasteiger partial charge in [0.25, 0.3) is 5.91 Å². The molecule has 0 aliphatic carbocycles. The number of esters is 1. The average Bonchev–Trinajstić information content (AvgIpc) is 2.86.